The molecule has 190 valence electrons. The molecule has 0 spiro atoms. The predicted molar refractivity (Wildman–Crippen MR) is 123 cm³/mol. The average Bonchev–Trinajstić information content (AvgIpc) is 3.62. The monoisotopic (exact) mass is 486 g/mol. The van der Waals surface area contributed by atoms with Gasteiger partial charge in [0.15, 0.2) is 18.0 Å². The van der Waals surface area contributed by atoms with E-state index in [1.807, 2.05) is 13.0 Å². The molecule has 7 atom stereocenters. The van der Waals surface area contributed by atoms with Gasteiger partial charge in [0.1, 0.15) is 0 Å². The van der Waals surface area contributed by atoms with Crippen LogP contribution in [0.15, 0.2) is 23.8 Å². The number of carbonyl (C=O) groups is 4. The van der Waals surface area contributed by atoms with Crippen LogP contribution in [0.1, 0.15) is 58.8 Å². The van der Waals surface area contributed by atoms with Crippen LogP contribution in [0.5, 0.6) is 0 Å². The second-order valence-corrected chi connectivity index (χ2v) is 11.4. The summed E-state index contributed by atoms with van der Waals surface area (Å²) in [4.78, 5) is 50.2. The van der Waals surface area contributed by atoms with Gasteiger partial charge in [0, 0.05) is 16.7 Å². The lowest BCUT2D eigenvalue weighted by Crippen LogP contribution is -2.63. The fraction of sp³-hybridized carbons (Fsp3) is 0.704. The molecule has 5 rings (SSSR count). The standard InChI is InChI=1S/C27H34O8/c1-25-10-8-17(28)12-16(25)6-7-18-19-9-11-27(35-24(32)33-3,26(19,2)13-20(29)22(18)25)21(30)14-34-23(31)15-4-5-15/h8,10,12,15,18-20,22,29H,4-7,9,11,13-14H2,1-3H3/t18-,19-,20?,22+,25-,26-,27-/m0/s1. The van der Waals surface area contributed by atoms with Crippen LogP contribution < -0.4 is 0 Å². The Balaban J connectivity index is 1.47. The molecular formula is C27H34O8. The summed E-state index contributed by atoms with van der Waals surface area (Å²) in [5.41, 5.74) is -1.78. The van der Waals surface area contributed by atoms with E-state index in [4.69, 9.17) is 14.2 Å². The normalized spacial score (nSPS) is 41.7. The molecular weight excluding hydrogens is 452 g/mol. The van der Waals surface area contributed by atoms with E-state index < -0.39 is 47.0 Å². The minimum absolute atomic E-state index is 0.00745. The maximum Gasteiger partial charge on any atom is 0.509 e. The van der Waals surface area contributed by atoms with Crippen LogP contribution in [0.2, 0.25) is 0 Å². The van der Waals surface area contributed by atoms with Gasteiger partial charge in [-0.25, -0.2) is 4.79 Å². The maximum absolute atomic E-state index is 13.7. The lowest BCUT2D eigenvalue weighted by atomic mass is 9.46. The second kappa shape index (κ2) is 8.29. The Morgan fingerprint density at radius 1 is 1.14 bits per heavy atom. The van der Waals surface area contributed by atoms with Crippen molar-refractivity contribution in [2.24, 2.45) is 34.5 Å². The lowest BCUT2D eigenvalue weighted by molar-refractivity contribution is -0.185. The number of ether oxygens (including phenoxy) is 3. The van der Waals surface area contributed by atoms with E-state index in [-0.39, 0.29) is 42.3 Å². The Morgan fingerprint density at radius 2 is 1.89 bits per heavy atom. The van der Waals surface area contributed by atoms with Gasteiger partial charge in [-0.2, -0.15) is 0 Å². The molecule has 0 amide bonds. The van der Waals surface area contributed by atoms with Crippen molar-refractivity contribution in [1.82, 2.24) is 0 Å². The Labute approximate surface area is 205 Å². The summed E-state index contributed by atoms with van der Waals surface area (Å²) in [6.45, 7) is 3.54. The summed E-state index contributed by atoms with van der Waals surface area (Å²) in [5.74, 6) is -1.05. The van der Waals surface area contributed by atoms with Crippen molar-refractivity contribution in [2.45, 2.75) is 70.5 Å². The fourth-order valence-electron chi connectivity index (χ4n) is 7.87. The molecule has 0 saturated heterocycles. The third kappa shape index (κ3) is 3.59. The molecule has 0 aromatic rings. The van der Waals surface area contributed by atoms with Gasteiger partial charge in [0.2, 0.25) is 5.78 Å². The molecule has 0 heterocycles. The van der Waals surface area contributed by atoms with Gasteiger partial charge in [-0.15, -0.1) is 0 Å². The highest BCUT2D eigenvalue weighted by Crippen LogP contribution is 2.68. The first-order chi connectivity index (χ1) is 16.6. The summed E-state index contributed by atoms with van der Waals surface area (Å²) in [7, 11) is 1.20. The zero-order valence-corrected chi connectivity index (χ0v) is 20.6. The van der Waals surface area contributed by atoms with Crippen molar-refractivity contribution >= 4 is 23.7 Å². The van der Waals surface area contributed by atoms with Gasteiger partial charge in [-0.3, -0.25) is 14.4 Å². The van der Waals surface area contributed by atoms with Crippen LogP contribution in [0.4, 0.5) is 4.79 Å². The number of rotatable bonds is 5. The van der Waals surface area contributed by atoms with E-state index in [0.717, 1.165) is 31.3 Å². The van der Waals surface area contributed by atoms with Gasteiger partial charge in [-0.05, 0) is 68.9 Å². The summed E-state index contributed by atoms with van der Waals surface area (Å²) in [5, 5.41) is 11.6. The minimum Gasteiger partial charge on any atom is -0.457 e. The van der Waals surface area contributed by atoms with Crippen molar-refractivity contribution in [3.8, 4) is 0 Å². The Morgan fingerprint density at radius 3 is 2.57 bits per heavy atom. The molecule has 8 heteroatoms. The van der Waals surface area contributed by atoms with Crippen LogP contribution in [-0.2, 0) is 28.6 Å². The molecule has 4 fully saturated rings. The van der Waals surface area contributed by atoms with Crippen molar-refractivity contribution < 1.29 is 38.5 Å². The van der Waals surface area contributed by atoms with Crippen molar-refractivity contribution in [2.75, 3.05) is 13.7 Å². The molecule has 1 unspecified atom stereocenters. The van der Waals surface area contributed by atoms with Gasteiger partial charge in [0.25, 0.3) is 0 Å². The van der Waals surface area contributed by atoms with Crippen LogP contribution in [0.25, 0.3) is 0 Å². The average molecular weight is 487 g/mol. The van der Waals surface area contributed by atoms with Crippen molar-refractivity contribution in [3.05, 3.63) is 23.8 Å². The van der Waals surface area contributed by atoms with Crippen LogP contribution >= 0.6 is 0 Å². The second-order valence-electron chi connectivity index (χ2n) is 11.4. The summed E-state index contributed by atoms with van der Waals surface area (Å²) < 4.78 is 15.9. The number of ketones is 2. The number of hydrogen-bond donors (Lipinski definition) is 1. The number of esters is 1. The van der Waals surface area contributed by atoms with Gasteiger partial charge in [-0.1, -0.05) is 25.5 Å². The van der Waals surface area contributed by atoms with E-state index in [0.29, 0.717) is 6.42 Å². The van der Waals surface area contributed by atoms with Crippen LogP contribution in [0.3, 0.4) is 0 Å². The molecule has 5 aliphatic rings. The van der Waals surface area contributed by atoms with Crippen molar-refractivity contribution in [1.29, 1.82) is 0 Å². The van der Waals surface area contributed by atoms with E-state index in [1.165, 1.54) is 7.11 Å². The number of hydrogen-bond acceptors (Lipinski definition) is 8. The summed E-state index contributed by atoms with van der Waals surface area (Å²) in [6.07, 6.45) is 7.72. The van der Waals surface area contributed by atoms with E-state index in [9.17, 15) is 24.3 Å². The Kier molecular flexibility index (Phi) is 5.74. The SMILES string of the molecule is COC(=O)O[C@]1(C(=O)COC(=O)C2CC2)CC[C@H]2[C@@H]3CCC4=CC(=O)C=C[C@]4(C)[C@H]3C(O)C[C@@]21C. The highest BCUT2D eigenvalue weighted by molar-refractivity contribution is 6.01. The molecule has 0 radical (unpaired) electrons. The fourth-order valence-corrected chi connectivity index (χ4v) is 7.87. The zero-order valence-electron chi connectivity index (χ0n) is 20.6. The highest BCUT2D eigenvalue weighted by Gasteiger charge is 2.70. The number of aliphatic hydroxyl groups is 1. The molecule has 0 bridgehead atoms. The summed E-state index contributed by atoms with van der Waals surface area (Å²) >= 11 is 0. The summed E-state index contributed by atoms with van der Waals surface area (Å²) in [6, 6.07) is 0. The molecule has 0 aromatic carbocycles. The number of Topliss-reactive ketones (excluding diaryl/α,β-unsaturated/α-hetero) is 1. The Bertz CT molecular complexity index is 1020. The van der Waals surface area contributed by atoms with Crippen molar-refractivity contribution in [3.63, 3.8) is 0 Å². The molecule has 4 saturated carbocycles. The molecule has 0 aromatic heterocycles. The molecule has 8 nitrogen and oxygen atoms in total. The van der Waals surface area contributed by atoms with Crippen LogP contribution in [0, 0.1) is 34.5 Å². The highest BCUT2D eigenvalue weighted by atomic mass is 16.7. The third-order valence-corrected chi connectivity index (χ3v) is 9.75. The first-order valence-corrected chi connectivity index (χ1v) is 12.6. The maximum atomic E-state index is 13.7. The van der Waals surface area contributed by atoms with Gasteiger partial charge in [0.05, 0.1) is 19.1 Å². The number of fused-ring (bicyclic) bond motifs is 5. The first kappa shape index (κ1) is 24.2. The quantitative estimate of drug-likeness (QED) is 0.589. The molecule has 0 aliphatic heterocycles. The number of carbonyl (C=O) groups excluding carboxylic acids is 4. The minimum atomic E-state index is -1.55. The van der Waals surface area contributed by atoms with E-state index >= 15 is 0 Å². The largest absolute Gasteiger partial charge is 0.509 e. The number of aliphatic hydroxyl groups excluding tert-OH is 1. The first-order valence-electron chi connectivity index (χ1n) is 12.6. The van der Waals surface area contributed by atoms with Gasteiger partial charge >= 0.3 is 12.1 Å². The topological polar surface area (TPSA) is 116 Å². The molecule has 1 N–H and O–H groups in total. The smallest absolute Gasteiger partial charge is 0.457 e. The number of methoxy groups -OCH3 is 1. The van der Waals surface area contributed by atoms with E-state index in [2.05, 4.69) is 6.92 Å². The molecule has 5 aliphatic carbocycles. The van der Waals surface area contributed by atoms with Gasteiger partial charge < -0.3 is 19.3 Å². The Hall–Kier alpha value is -2.48. The van der Waals surface area contributed by atoms with E-state index in [1.54, 1.807) is 12.2 Å². The number of allylic oxidation sites excluding steroid dienone is 4. The zero-order chi connectivity index (χ0) is 25.2. The molecule has 35 heavy (non-hydrogen) atoms. The lowest BCUT2D eigenvalue weighted by Gasteiger charge is -2.59. The predicted octanol–water partition coefficient (Wildman–Crippen LogP) is 3.31. The van der Waals surface area contributed by atoms with Crippen LogP contribution in [-0.4, -0.2) is 54.2 Å². The third-order valence-electron chi connectivity index (χ3n) is 9.75.